The number of anilines is 1. The van der Waals surface area contributed by atoms with Crippen LogP contribution in [0.4, 0.5) is 5.69 Å². The molecule has 0 saturated carbocycles. The molecule has 1 amide bonds. The number of rotatable bonds is 4. The number of aryl methyl sites for hydroxylation is 2. The molecular weight excluding hydrogens is 334 g/mol. The number of carbonyl (C=O) groups excluding carboxylic acids is 2. The van der Waals surface area contributed by atoms with Crippen LogP contribution in [0.3, 0.4) is 0 Å². The highest BCUT2D eigenvalue weighted by Gasteiger charge is 2.25. The van der Waals surface area contributed by atoms with Crippen LogP contribution < -0.4 is 14.4 Å². The highest BCUT2D eigenvalue weighted by molar-refractivity contribution is 5.98. The standard InChI is InChI=1S/C20H21NO5/c1-13-4-7-18-17(10-13)21(8-9-25-18)19(22)12-26-20(23)16-6-5-15(24-3)11-14(16)2/h4-7,10-11H,8-9,12H2,1-3H3. The van der Waals surface area contributed by atoms with E-state index in [4.69, 9.17) is 14.2 Å². The molecule has 136 valence electrons. The lowest BCUT2D eigenvalue weighted by atomic mass is 10.1. The van der Waals surface area contributed by atoms with Crippen molar-refractivity contribution in [2.45, 2.75) is 13.8 Å². The van der Waals surface area contributed by atoms with Crippen molar-refractivity contribution in [3.05, 3.63) is 53.1 Å². The third-order valence-corrected chi connectivity index (χ3v) is 4.26. The molecule has 0 bridgehead atoms. The molecule has 0 fully saturated rings. The second kappa shape index (κ2) is 7.47. The molecule has 6 nitrogen and oxygen atoms in total. The van der Waals surface area contributed by atoms with Crippen molar-refractivity contribution in [3.63, 3.8) is 0 Å². The summed E-state index contributed by atoms with van der Waals surface area (Å²) in [6.07, 6.45) is 0. The third-order valence-electron chi connectivity index (χ3n) is 4.26. The maximum absolute atomic E-state index is 12.6. The Morgan fingerprint density at radius 3 is 2.69 bits per heavy atom. The van der Waals surface area contributed by atoms with Crippen molar-refractivity contribution < 1.29 is 23.8 Å². The number of nitrogens with zero attached hydrogens (tertiary/aromatic N) is 1. The molecule has 2 aromatic carbocycles. The summed E-state index contributed by atoms with van der Waals surface area (Å²) in [6, 6.07) is 10.7. The minimum atomic E-state index is -0.531. The predicted octanol–water partition coefficient (Wildman–Crippen LogP) is 2.89. The Hall–Kier alpha value is -3.02. The molecule has 0 atom stereocenters. The second-order valence-corrected chi connectivity index (χ2v) is 6.12. The summed E-state index contributed by atoms with van der Waals surface area (Å²) in [5.74, 6) is 0.513. The van der Waals surface area contributed by atoms with Crippen LogP contribution in [0.15, 0.2) is 36.4 Å². The first kappa shape index (κ1) is 17.8. The van der Waals surface area contributed by atoms with Gasteiger partial charge in [-0.25, -0.2) is 4.79 Å². The smallest absolute Gasteiger partial charge is 0.338 e. The molecule has 26 heavy (non-hydrogen) atoms. The van der Waals surface area contributed by atoms with Gasteiger partial charge in [-0.05, 0) is 55.3 Å². The molecule has 2 aromatic rings. The van der Waals surface area contributed by atoms with Crippen LogP contribution in [0.1, 0.15) is 21.5 Å². The molecule has 1 aliphatic heterocycles. The summed E-state index contributed by atoms with van der Waals surface area (Å²) < 4.78 is 15.9. The second-order valence-electron chi connectivity index (χ2n) is 6.12. The van der Waals surface area contributed by atoms with Gasteiger partial charge in [-0.3, -0.25) is 4.79 Å². The van der Waals surface area contributed by atoms with E-state index in [1.807, 2.05) is 25.1 Å². The minimum Gasteiger partial charge on any atom is -0.497 e. The highest BCUT2D eigenvalue weighted by Crippen LogP contribution is 2.32. The Morgan fingerprint density at radius 2 is 1.96 bits per heavy atom. The van der Waals surface area contributed by atoms with Crippen molar-refractivity contribution in [3.8, 4) is 11.5 Å². The van der Waals surface area contributed by atoms with Gasteiger partial charge in [-0.15, -0.1) is 0 Å². The molecule has 0 unspecified atom stereocenters. The van der Waals surface area contributed by atoms with Gasteiger partial charge in [0.2, 0.25) is 0 Å². The number of hydrogen-bond acceptors (Lipinski definition) is 5. The van der Waals surface area contributed by atoms with E-state index in [1.54, 1.807) is 37.1 Å². The van der Waals surface area contributed by atoms with Crippen molar-refractivity contribution in [1.29, 1.82) is 0 Å². The van der Waals surface area contributed by atoms with E-state index in [1.165, 1.54) is 0 Å². The van der Waals surface area contributed by atoms with Crippen LogP contribution in [0.25, 0.3) is 0 Å². The average molecular weight is 355 g/mol. The molecule has 1 aliphatic rings. The van der Waals surface area contributed by atoms with Crippen LogP contribution >= 0.6 is 0 Å². The number of benzene rings is 2. The van der Waals surface area contributed by atoms with Crippen LogP contribution in [-0.4, -0.2) is 38.7 Å². The number of esters is 1. The lowest BCUT2D eigenvalue weighted by Crippen LogP contribution is -2.40. The predicted molar refractivity (Wildman–Crippen MR) is 97.0 cm³/mol. The van der Waals surface area contributed by atoms with Crippen LogP contribution in [0, 0.1) is 13.8 Å². The first-order valence-corrected chi connectivity index (χ1v) is 8.35. The number of methoxy groups -OCH3 is 1. The lowest BCUT2D eigenvalue weighted by molar-refractivity contribution is -0.121. The van der Waals surface area contributed by atoms with Gasteiger partial charge in [0, 0.05) is 0 Å². The van der Waals surface area contributed by atoms with Gasteiger partial charge >= 0.3 is 5.97 Å². The number of carbonyl (C=O) groups is 2. The molecule has 0 radical (unpaired) electrons. The van der Waals surface area contributed by atoms with Crippen molar-refractivity contribution in [2.24, 2.45) is 0 Å². The summed E-state index contributed by atoms with van der Waals surface area (Å²) >= 11 is 0. The molecule has 0 N–H and O–H groups in total. The monoisotopic (exact) mass is 355 g/mol. The van der Waals surface area contributed by atoms with Gasteiger partial charge in [0.15, 0.2) is 6.61 Å². The zero-order valence-electron chi connectivity index (χ0n) is 15.1. The van der Waals surface area contributed by atoms with Gasteiger partial charge in [0.05, 0.1) is 24.9 Å². The Labute approximate surface area is 152 Å². The van der Waals surface area contributed by atoms with Gasteiger partial charge in [-0.1, -0.05) is 6.07 Å². The lowest BCUT2D eigenvalue weighted by Gasteiger charge is -2.29. The van der Waals surface area contributed by atoms with E-state index < -0.39 is 5.97 Å². The van der Waals surface area contributed by atoms with Crippen molar-refractivity contribution in [1.82, 2.24) is 0 Å². The van der Waals surface area contributed by atoms with E-state index in [0.717, 1.165) is 11.1 Å². The molecule has 0 spiro atoms. The maximum atomic E-state index is 12.6. The number of ether oxygens (including phenoxy) is 3. The quantitative estimate of drug-likeness (QED) is 0.789. The SMILES string of the molecule is COc1ccc(C(=O)OCC(=O)N2CCOc3ccc(C)cc32)c(C)c1. The number of hydrogen-bond donors (Lipinski definition) is 0. The third kappa shape index (κ3) is 3.64. The van der Waals surface area contributed by atoms with Gasteiger partial charge in [0.25, 0.3) is 5.91 Å². The fourth-order valence-electron chi connectivity index (χ4n) is 2.86. The molecular formula is C20H21NO5. The summed E-state index contributed by atoms with van der Waals surface area (Å²) in [5.41, 5.74) is 2.88. The molecule has 0 saturated heterocycles. The summed E-state index contributed by atoms with van der Waals surface area (Å²) in [4.78, 5) is 26.5. The summed E-state index contributed by atoms with van der Waals surface area (Å²) in [7, 11) is 1.56. The van der Waals surface area contributed by atoms with Gasteiger partial charge in [-0.2, -0.15) is 0 Å². The van der Waals surface area contributed by atoms with E-state index in [2.05, 4.69) is 0 Å². The first-order valence-electron chi connectivity index (χ1n) is 8.35. The number of amides is 1. The van der Waals surface area contributed by atoms with E-state index in [9.17, 15) is 9.59 Å². The Kier molecular flexibility index (Phi) is 5.11. The minimum absolute atomic E-state index is 0.278. The first-order chi connectivity index (χ1) is 12.5. The normalized spacial score (nSPS) is 12.8. The van der Waals surface area contributed by atoms with E-state index >= 15 is 0 Å². The number of fused-ring (bicyclic) bond motifs is 1. The maximum Gasteiger partial charge on any atom is 0.338 e. The summed E-state index contributed by atoms with van der Waals surface area (Å²) in [6.45, 7) is 4.26. The Morgan fingerprint density at radius 1 is 1.15 bits per heavy atom. The van der Waals surface area contributed by atoms with Crippen molar-refractivity contribution >= 4 is 17.6 Å². The fraction of sp³-hybridized carbons (Fsp3) is 0.300. The molecule has 6 heteroatoms. The average Bonchev–Trinajstić information content (AvgIpc) is 2.65. The Bertz CT molecular complexity index is 846. The fourth-order valence-corrected chi connectivity index (χ4v) is 2.86. The van der Waals surface area contributed by atoms with Gasteiger partial charge in [0.1, 0.15) is 18.1 Å². The zero-order valence-corrected chi connectivity index (χ0v) is 15.1. The zero-order chi connectivity index (χ0) is 18.7. The van der Waals surface area contributed by atoms with Crippen LogP contribution in [0.5, 0.6) is 11.5 Å². The van der Waals surface area contributed by atoms with Crippen molar-refractivity contribution in [2.75, 3.05) is 31.8 Å². The van der Waals surface area contributed by atoms with Crippen LogP contribution in [0.2, 0.25) is 0 Å². The molecule has 1 heterocycles. The molecule has 0 aromatic heterocycles. The van der Waals surface area contributed by atoms with Gasteiger partial charge < -0.3 is 19.1 Å². The topological polar surface area (TPSA) is 65.1 Å². The largest absolute Gasteiger partial charge is 0.497 e. The van der Waals surface area contributed by atoms with E-state index in [0.29, 0.717) is 35.9 Å². The van der Waals surface area contributed by atoms with E-state index in [-0.39, 0.29) is 12.5 Å². The highest BCUT2D eigenvalue weighted by atomic mass is 16.5. The van der Waals surface area contributed by atoms with Crippen LogP contribution in [-0.2, 0) is 9.53 Å². The summed E-state index contributed by atoms with van der Waals surface area (Å²) in [5, 5.41) is 0. The molecule has 3 rings (SSSR count). The Balaban J connectivity index is 1.68. The molecule has 0 aliphatic carbocycles.